The lowest BCUT2D eigenvalue weighted by Crippen LogP contribution is -2.32. The van der Waals surface area contributed by atoms with Crippen molar-refractivity contribution in [3.63, 3.8) is 0 Å². The van der Waals surface area contributed by atoms with Crippen LogP contribution in [0.25, 0.3) is 0 Å². The minimum absolute atomic E-state index is 0.102. The third kappa shape index (κ3) is 3.35. The van der Waals surface area contributed by atoms with Crippen molar-refractivity contribution in [1.82, 2.24) is 9.97 Å². The van der Waals surface area contributed by atoms with Crippen LogP contribution in [-0.2, 0) is 4.79 Å². The molecule has 1 aliphatic heterocycles. The molecule has 0 radical (unpaired) electrons. The molecule has 2 heterocycles. The number of nitrogens with one attached hydrogen (secondary N) is 2. The van der Waals surface area contributed by atoms with Crippen molar-refractivity contribution >= 4 is 23.4 Å². The van der Waals surface area contributed by atoms with Crippen LogP contribution in [0.4, 0.5) is 5.82 Å². The zero-order chi connectivity index (χ0) is 19.7. The molecule has 2 aromatic rings. The van der Waals surface area contributed by atoms with Gasteiger partial charge in [-0.2, -0.15) is 0 Å². The van der Waals surface area contributed by atoms with E-state index in [-0.39, 0.29) is 11.3 Å². The monoisotopic (exact) mass is 397 g/mol. The van der Waals surface area contributed by atoms with E-state index in [4.69, 9.17) is 4.74 Å². The van der Waals surface area contributed by atoms with Crippen molar-refractivity contribution < 1.29 is 9.53 Å². The van der Waals surface area contributed by atoms with Gasteiger partial charge in [0.15, 0.2) is 10.9 Å². The second-order valence-electron chi connectivity index (χ2n) is 6.80. The molecule has 146 valence electrons. The number of aromatic nitrogens is 2. The number of nitrogens with zero attached hydrogens (tertiary/aromatic N) is 1. The fourth-order valence-electron chi connectivity index (χ4n) is 3.90. The molecule has 6 nitrogen and oxygen atoms in total. The number of thioether (sulfide) groups is 1. The molecule has 1 atom stereocenters. The normalized spacial score (nSPS) is 18.4. The molecular weight excluding hydrogens is 374 g/mol. The summed E-state index contributed by atoms with van der Waals surface area (Å²) in [6.07, 6.45) is 2.12. The summed E-state index contributed by atoms with van der Waals surface area (Å²) in [5.41, 5.74) is 2.81. The highest BCUT2D eigenvalue weighted by Crippen LogP contribution is 2.43. The molecule has 28 heavy (non-hydrogen) atoms. The van der Waals surface area contributed by atoms with Crippen LogP contribution in [0.15, 0.2) is 45.5 Å². The SMILES string of the molecule is CCOc1ccc(C2C3=C(CCCC3=O)Nc3nc(SCC)[nH]c(=O)c32)cc1. The van der Waals surface area contributed by atoms with Crippen LogP contribution in [0.1, 0.15) is 50.2 Å². The molecule has 0 bridgehead atoms. The van der Waals surface area contributed by atoms with E-state index in [0.29, 0.717) is 35.1 Å². The highest BCUT2D eigenvalue weighted by Gasteiger charge is 2.37. The lowest BCUT2D eigenvalue weighted by molar-refractivity contribution is -0.116. The number of H-pyrrole nitrogens is 1. The molecule has 0 spiro atoms. The summed E-state index contributed by atoms with van der Waals surface area (Å²) in [5, 5.41) is 3.88. The van der Waals surface area contributed by atoms with Crippen molar-refractivity contribution in [2.45, 2.75) is 44.2 Å². The molecule has 0 saturated heterocycles. The Morgan fingerprint density at radius 1 is 1.18 bits per heavy atom. The van der Waals surface area contributed by atoms with Gasteiger partial charge < -0.3 is 15.0 Å². The highest BCUT2D eigenvalue weighted by atomic mass is 32.2. The molecule has 1 aromatic heterocycles. The number of hydrogen-bond donors (Lipinski definition) is 2. The quantitative estimate of drug-likeness (QED) is 0.589. The standard InChI is InChI=1S/C21H23N3O3S/c1-3-27-13-10-8-12(9-11-13)16-17-14(6-5-7-15(17)25)22-19-18(16)20(26)24-21(23-19)28-4-2/h8-11,16H,3-7H2,1-2H3,(H2,22,23,24,26). The number of ether oxygens (including phenoxy) is 1. The second kappa shape index (κ2) is 7.83. The minimum Gasteiger partial charge on any atom is -0.494 e. The van der Waals surface area contributed by atoms with Crippen molar-refractivity contribution in [1.29, 1.82) is 0 Å². The molecule has 1 aliphatic carbocycles. The van der Waals surface area contributed by atoms with Crippen molar-refractivity contribution in [3.8, 4) is 5.75 Å². The molecule has 1 aromatic carbocycles. The molecule has 4 rings (SSSR count). The number of ketones is 1. The number of Topliss-reactive ketones (excluding diaryl/α,β-unsaturated/α-hetero) is 1. The van der Waals surface area contributed by atoms with Gasteiger partial charge in [0.1, 0.15) is 11.6 Å². The smallest absolute Gasteiger partial charge is 0.257 e. The maximum absolute atomic E-state index is 13.0. The van der Waals surface area contributed by atoms with Gasteiger partial charge in [0, 0.05) is 23.6 Å². The number of carbonyl (C=O) groups excluding carboxylic acids is 1. The minimum atomic E-state index is -0.411. The van der Waals surface area contributed by atoms with Crippen LogP contribution < -0.4 is 15.6 Å². The molecule has 0 fully saturated rings. The number of benzene rings is 1. The Morgan fingerprint density at radius 2 is 1.96 bits per heavy atom. The van der Waals surface area contributed by atoms with Crippen LogP contribution in [0.5, 0.6) is 5.75 Å². The first-order valence-electron chi connectivity index (χ1n) is 9.65. The van der Waals surface area contributed by atoms with Gasteiger partial charge in [-0.3, -0.25) is 9.59 Å². The van der Waals surface area contributed by atoms with E-state index in [0.717, 1.165) is 35.6 Å². The van der Waals surface area contributed by atoms with E-state index in [1.807, 2.05) is 38.1 Å². The zero-order valence-corrected chi connectivity index (χ0v) is 16.8. The van der Waals surface area contributed by atoms with Gasteiger partial charge in [-0.05, 0) is 43.2 Å². The lowest BCUT2D eigenvalue weighted by Gasteiger charge is -2.32. The Kier molecular flexibility index (Phi) is 5.26. The van der Waals surface area contributed by atoms with E-state index in [9.17, 15) is 9.59 Å². The number of carbonyl (C=O) groups is 1. The van der Waals surface area contributed by atoms with Gasteiger partial charge in [0.25, 0.3) is 5.56 Å². The fraction of sp³-hybridized carbons (Fsp3) is 0.381. The summed E-state index contributed by atoms with van der Waals surface area (Å²) < 4.78 is 5.54. The molecule has 2 N–H and O–H groups in total. The predicted octanol–water partition coefficient (Wildman–Crippen LogP) is 3.85. The van der Waals surface area contributed by atoms with Crippen LogP contribution >= 0.6 is 11.8 Å². The summed E-state index contributed by atoms with van der Waals surface area (Å²) in [7, 11) is 0. The van der Waals surface area contributed by atoms with E-state index < -0.39 is 5.92 Å². The van der Waals surface area contributed by atoms with Crippen molar-refractivity contribution in [2.75, 3.05) is 17.7 Å². The largest absolute Gasteiger partial charge is 0.494 e. The zero-order valence-electron chi connectivity index (χ0n) is 16.0. The maximum Gasteiger partial charge on any atom is 0.257 e. The van der Waals surface area contributed by atoms with Crippen molar-refractivity contribution in [3.05, 3.63) is 57.0 Å². The fourth-order valence-corrected chi connectivity index (χ4v) is 4.50. The van der Waals surface area contributed by atoms with Crippen LogP contribution in [0.3, 0.4) is 0 Å². The third-order valence-corrected chi connectivity index (χ3v) is 5.80. The predicted molar refractivity (Wildman–Crippen MR) is 110 cm³/mol. The first kappa shape index (κ1) is 18.8. The molecule has 2 aliphatic rings. The number of rotatable bonds is 5. The van der Waals surface area contributed by atoms with E-state index in [2.05, 4.69) is 15.3 Å². The van der Waals surface area contributed by atoms with E-state index >= 15 is 0 Å². The van der Waals surface area contributed by atoms with E-state index in [1.54, 1.807) is 0 Å². The van der Waals surface area contributed by atoms with Gasteiger partial charge in [-0.1, -0.05) is 30.8 Å². The summed E-state index contributed by atoms with van der Waals surface area (Å²) in [6.45, 7) is 4.54. The number of aromatic amines is 1. The first-order chi connectivity index (χ1) is 13.6. The summed E-state index contributed by atoms with van der Waals surface area (Å²) in [6, 6.07) is 7.64. The Balaban J connectivity index is 1.87. The highest BCUT2D eigenvalue weighted by molar-refractivity contribution is 7.99. The average Bonchev–Trinajstić information content (AvgIpc) is 2.68. The average molecular weight is 398 g/mol. The van der Waals surface area contributed by atoms with Gasteiger partial charge in [-0.25, -0.2) is 4.98 Å². The Labute approximate surface area is 167 Å². The summed E-state index contributed by atoms with van der Waals surface area (Å²) in [4.78, 5) is 33.3. The van der Waals surface area contributed by atoms with Gasteiger partial charge in [-0.15, -0.1) is 0 Å². The number of anilines is 1. The maximum atomic E-state index is 13.0. The Bertz CT molecular complexity index is 995. The van der Waals surface area contributed by atoms with Gasteiger partial charge >= 0.3 is 0 Å². The molecule has 0 saturated carbocycles. The number of hydrogen-bond acceptors (Lipinski definition) is 6. The Hall–Kier alpha value is -2.54. The third-order valence-electron chi connectivity index (χ3n) is 5.04. The number of allylic oxidation sites excluding steroid dienone is 2. The van der Waals surface area contributed by atoms with Crippen LogP contribution in [0, 0.1) is 0 Å². The summed E-state index contributed by atoms with van der Waals surface area (Å²) >= 11 is 1.49. The lowest BCUT2D eigenvalue weighted by atomic mass is 9.76. The molecule has 1 unspecified atom stereocenters. The molecule has 0 amide bonds. The molecular formula is C21H23N3O3S. The van der Waals surface area contributed by atoms with Crippen LogP contribution in [0.2, 0.25) is 0 Å². The topological polar surface area (TPSA) is 84.1 Å². The number of fused-ring (bicyclic) bond motifs is 1. The summed E-state index contributed by atoms with van der Waals surface area (Å²) in [5.74, 6) is 1.84. The van der Waals surface area contributed by atoms with E-state index in [1.165, 1.54) is 11.8 Å². The second-order valence-corrected chi connectivity index (χ2v) is 8.05. The van der Waals surface area contributed by atoms with Gasteiger partial charge in [0.2, 0.25) is 0 Å². The van der Waals surface area contributed by atoms with Crippen molar-refractivity contribution in [2.24, 2.45) is 0 Å². The van der Waals surface area contributed by atoms with Gasteiger partial charge in [0.05, 0.1) is 12.2 Å². The van der Waals surface area contributed by atoms with Crippen LogP contribution in [-0.4, -0.2) is 28.1 Å². The Morgan fingerprint density at radius 3 is 2.68 bits per heavy atom. The first-order valence-corrected chi connectivity index (χ1v) is 10.6. The molecule has 7 heteroatoms.